The van der Waals surface area contributed by atoms with Crippen molar-refractivity contribution in [2.24, 2.45) is 4.74 Å². The molecular formula is C24H26ClN2O4P. The molecular weight excluding hydrogens is 447 g/mol. The Hall–Kier alpha value is -2.82. The molecule has 1 atom stereocenters. The number of hydrogen-bond donors (Lipinski definition) is 0. The van der Waals surface area contributed by atoms with Gasteiger partial charge in [-0.15, -0.1) is 0 Å². The van der Waals surface area contributed by atoms with Crippen molar-refractivity contribution in [3.8, 4) is 17.2 Å². The topological polar surface area (TPSA) is 70.0 Å². The van der Waals surface area contributed by atoms with E-state index in [1.807, 2.05) is 18.2 Å². The average molecular weight is 473 g/mol. The smallest absolute Gasteiger partial charge is 0.173 e. The molecule has 0 saturated heterocycles. The quantitative estimate of drug-likeness (QED) is 0.289. The van der Waals surface area contributed by atoms with Crippen molar-refractivity contribution in [1.82, 2.24) is 4.98 Å². The molecule has 0 fully saturated rings. The molecule has 1 aromatic heterocycles. The van der Waals surface area contributed by atoms with E-state index in [0.29, 0.717) is 33.5 Å². The lowest BCUT2D eigenvalue weighted by molar-refractivity contribution is 0.112. The highest BCUT2D eigenvalue weighted by molar-refractivity contribution is 7.71. The Morgan fingerprint density at radius 1 is 0.938 bits per heavy atom. The van der Waals surface area contributed by atoms with Crippen LogP contribution in [0.5, 0.6) is 17.2 Å². The Bertz CT molecular complexity index is 1160. The monoisotopic (exact) mass is 472 g/mol. The van der Waals surface area contributed by atoms with Crippen LogP contribution in [0.25, 0.3) is 0 Å². The van der Waals surface area contributed by atoms with E-state index in [0.717, 1.165) is 11.6 Å². The minimum absolute atomic E-state index is 0.423. The lowest BCUT2D eigenvalue weighted by Gasteiger charge is -2.37. The summed E-state index contributed by atoms with van der Waals surface area (Å²) in [7, 11) is 0.320. The van der Waals surface area contributed by atoms with Crippen molar-refractivity contribution < 1.29 is 18.8 Å². The molecule has 1 unspecified atom stereocenters. The number of nitrogens with zero attached hydrogens (tertiary/aromatic N) is 2. The Kier molecular flexibility index (Phi) is 7.27. The van der Waals surface area contributed by atoms with E-state index in [9.17, 15) is 4.79 Å². The molecule has 0 N–H and O–H groups in total. The van der Waals surface area contributed by atoms with Gasteiger partial charge in [0.1, 0.15) is 17.7 Å². The minimum Gasteiger partial charge on any atom is -0.494 e. The van der Waals surface area contributed by atoms with E-state index in [-0.39, 0.29) is 0 Å². The van der Waals surface area contributed by atoms with Gasteiger partial charge in [0.15, 0.2) is 18.8 Å². The molecule has 3 rings (SSSR count). The number of aldehydes is 1. The van der Waals surface area contributed by atoms with Crippen LogP contribution in [-0.2, 0) is 0 Å². The van der Waals surface area contributed by atoms with Crippen molar-refractivity contribution in [2.75, 3.05) is 14.2 Å². The molecule has 168 valence electrons. The highest BCUT2D eigenvalue weighted by Gasteiger charge is 2.40. The van der Waals surface area contributed by atoms with E-state index >= 15 is 0 Å². The summed E-state index contributed by atoms with van der Waals surface area (Å²) < 4.78 is 23.1. The predicted octanol–water partition coefficient (Wildman–Crippen LogP) is 6.52. The first kappa shape index (κ1) is 23.8. The molecule has 0 aliphatic carbocycles. The largest absolute Gasteiger partial charge is 0.494 e. The first-order valence-corrected chi connectivity index (χ1v) is 12.0. The second kappa shape index (κ2) is 9.76. The number of hydrogen-bond acceptors (Lipinski definition) is 6. The summed E-state index contributed by atoms with van der Waals surface area (Å²) >= 11 is 6.17. The molecule has 8 heteroatoms. The van der Waals surface area contributed by atoms with Crippen LogP contribution in [0.4, 0.5) is 5.69 Å². The maximum atomic E-state index is 11.3. The lowest BCUT2D eigenvalue weighted by atomic mass is 10.2. The van der Waals surface area contributed by atoms with Crippen LogP contribution in [0.1, 0.15) is 31.1 Å². The normalized spacial score (nSPS) is 13.1. The summed E-state index contributed by atoms with van der Waals surface area (Å²) in [6.07, 6.45) is 4.21. The Balaban J connectivity index is 2.35. The summed E-state index contributed by atoms with van der Waals surface area (Å²) in [5.41, 5.74) is 1.12. The zero-order chi connectivity index (χ0) is 23.4. The van der Waals surface area contributed by atoms with Crippen LogP contribution in [0.2, 0.25) is 5.02 Å². The van der Waals surface area contributed by atoms with Crippen molar-refractivity contribution in [2.45, 2.75) is 25.9 Å². The van der Waals surface area contributed by atoms with Crippen LogP contribution in [0.3, 0.4) is 0 Å². The summed E-state index contributed by atoms with van der Waals surface area (Å²) in [5, 5.41) is 1.03. The molecule has 6 nitrogen and oxygen atoms in total. The molecule has 0 spiro atoms. The van der Waals surface area contributed by atoms with Crippen molar-refractivity contribution in [3.05, 3.63) is 71.5 Å². The van der Waals surface area contributed by atoms with Gasteiger partial charge in [-0.2, -0.15) is 0 Å². The summed E-state index contributed by atoms with van der Waals surface area (Å²) in [5.74, 6) is 1.50. The first-order chi connectivity index (χ1) is 15.2. The third-order valence-corrected chi connectivity index (χ3v) is 8.88. The van der Waals surface area contributed by atoms with E-state index in [1.54, 1.807) is 56.9 Å². The van der Waals surface area contributed by atoms with E-state index < -0.39 is 12.4 Å². The van der Waals surface area contributed by atoms with Gasteiger partial charge < -0.3 is 14.0 Å². The molecule has 0 amide bonds. The van der Waals surface area contributed by atoms with Gasteiger partial charge in [-0.3, -0.25) is 9.78 Å². The third-order valence-electron chi connectivity index (χ3n) is 4.87. The second-order valence-corrected chi connectivity index (χ2v) is 11.8. The Morgan fingerprint density at radius 2 is 1.62 bits per heavy atom. The zero-order valence-electron chi connectivity index (χ0n) is 18.7. The standard InChI is InChI=1S/C24H26ClN2O4P/c1-24(2,3)32(19-10-12-26-13-11-19,27-20-8-7-18(25)15-22(20)29-4)31-21-9-6-17(16-28)14-23(21)30-5/h6-16H,1-5H3. The van der Waals surface area contributed by atoms with Crippen LogP contribution >= 0.6 is 18.9 Å². The van der Waals surface area contributed by atoms with Gasteiger partial charge >= 0.3 is 0 Å². The van der Waals surface area contributed by atoms with Crippen LogP contribution in [-0.4, -0.2) is 30.6 Å². The van der Waals surface area contributed by atoms with Crippen molar-refractivity contribution in [3.63, 3.8) is 0 Å². The SMILES string of the molecule is COc1cc(Cl)ccc1N=P(Oc1ccc(C=O)cc1OC)(c1ccncc1)C(C)(C)C. The van der Waals surface area contributed by atoms with Gasteiger partial charge in [-0.25, -0.2) is 4.74 Å². The summed E-state index contributed by atoms with van der Waals surface area (Å²) in [6.45, 7) is 6.25. The van der Waals surface area contributed by atoms with Gasteiger partial charge in [0.05, 0.1) is 14.2 Å². The van der Waals surface area contributed by atoms with E-state index in [4.69, 9.17) is 30.3 Å². The number of ether oxygens (including phenoxy) is 2. The van der Waals surface area contributed by atoms with Crippen molar-refractivity contribution >= 4 is 36.2 Å². The molecule has 0 bridgehead atoms. The first-order valence-electron chi connectivity index (χ1n) is 9.93. The zero-order valence-corrected chi connectivity index (χ0v) is 20.4. The molecule has 0 radical (unpaired) electrons. The van der Waals surface area contributed by atoms with Gasteiger partial charge in [-0.05, 0) is 42.5 Å². The maximum absolute atomic E-state index is 11.3. The molecule has 0 saturated carbocycles. The number of methoxy groups -OCH3 is 2. The van der Waals surface area contributed by atoms with E-state index in [1.165, 1.54) is 0 Å². The molecule has 2 aromatic carbocycles. The van der Waals surface area contributed by atoms with Gasteiger partial charge in [0, 0.05) is 39.5 Å². The minimum atomic E-state index is -2.80. The number of carbonyl (C=O) groups excluding carboxylic acids is 1. The number of rotatable bonds is 7. The average Bonchev–Trinajstić information content (AvgIpc) is 2.79. The summed E-state index contributed by atoms with van der Waals surface area (Å²) in [6, 6.07) is 14.2. The Morgan fingerprint density at radius 3 is 2.22 bits per heavy atom. The third kappa shape index (κ3) is 4.82. The van der Waals surface area contributed by atoms with Crippen LogP contribution in [0.15, 0.2) is 65.7 Å². The van der Waals surface area contributed by atoms with Gasteiger partial charge in [0.25, 0.3) is 0 Å². The highest BCUT2D eigenvalue weighted by atomic mass is 35.5. The molecule has 0 aliphatic rings. The fraction of sp³-hybridized carbons (Fsp3) is 0.250. The summed E-state index contributed by atoms with van der Waals surface area (Å²) in [4.78, 5) is 15.4. The molecule has 0 aliphatic heterocycles. The highest BCUT2D eigenvalue weighted by Crippen LogP contribution is 2.63. The number of benzene rings is 2. The molecule has 3 aromatic rings. The van der Waals surface area contributed by atoms with Gasteiger partial charge in [0.2, 0.25) is 0 Å². The number of carbonyl (C=O) groups is 1. The van der Waals surface area contributed by atoms with Crippen LogP contribution in [0, 0.1) is 0 Å². The maximum Gasteiger partial charge on any atom is 0.173 e. The second-order valence-electron chi connectivity index (χ2n) is 7.99. The Labute approximate surface area is 193 Å². The van der Waals surface area contributed by atoms with Crippen molar-refractivity contribution in [1.29, 1.82) is 0 Å². The lowest BCUT2D eigenvalue weighted by Crippen LogP contribution is -2.27. The fourth-order valence-corrected chi connectivity index (χ4v) is 6.43. The number of aromatic nitrogens is 1. The van der Waals surface area contributed by atoms with Gasteiger partial charge in [-0.1, -0.05) is 32.4 Å². The fourth-order valence-electron chi connectivity index (χ4n) is 3.21. The molecule has 1 heterocycles. The predicted molar refractivity (Wildman–Crippen MR) is 130 cm³/mol. The number of pyridine rings is 1. The molecule has 32 heavy (non-hydrogen) atoms. The van der Waals surface area contributed by atoms with E-state index in [2.05, 4.69) is 25.8 Å². The number of halogens is 1. The van der Waals surface area contributed by atoms with Crippen LogP contribution < -0.4 is 19.3 Å².